The molecule has 0 aliphatic rings. The Kier molecular flexibility index (Phi) is 8.10. The molecule has 23 heavy (non-hydrogen) atoms. The Morgan fingerprint density at radius 1 is 1.04 bits per heavy atom. The smallest absolute Gasteiger partial charge is 0.404 e. The van der Waals surface area contributed by atoms with Crippen LogP contribution in [0.5, 0.6) is 0 Å². The van der Waals surface area contributed by atoms with Crippen molar-refractivity contribution in [3.63, 3.8) is 0 Å². The fourth-order valence-corrected chi connectivity index (χ4v) is 1.75. The maximum atomic E-state index is 11.9. The van der Waals surface area contributed by atoms with Crippen LogP contribution >= 0.6 is 0 Å². The topological polar surface area (TPSA) is 89.6 Å². The summed E-state index contributed by atoms with van der Waals surface area (Å²) < 4.78 is 4.33. The Balaban J connectivity index is 0.000000322. The van der Waals surface area contributed by atoms with Crippen LogP contribution in [-0.2, 0) is 4.74 Å². The van der Waals surface area contributed by atoms with Crippen molar-refractivity contribution in [3.8, 4) is 0 Å². The first-order valence-electron chi connectivity index (χ1n) is 7.30. The number of nitrogens with two attached hydrogens (primary N) is 1. The molecule has 1 unspecified atom stereocenters. The highest BCUT2D eigenvalue weighted by Crippen LogP contribution is 2.17. The molecular weight excluding hydrogens is 294 g/mol. The Hall–Kier alpha value is -2.66. The second-order valence-electron chi connectivity index (χ2n) is 4.71. The molecule has 5 heteroatoms. The third-order valence-corrected chi connectivity index (χ3v) is 2.87. The van der Waals surface area contributed by atoms with Crippen molar-refractivity contribution < 1.29 is 19.4 Å². The Morgan fingerprint density at radius 2 is 1.57 bits per heavy atom. The normalized spacial score (nSPS) is 10.9. The van der Waals surface area contributed by atoms with Gasteiger partial charge in [0.2, 0.25) is 0 Å². The second-order valence-corrected chi connectivity index (χ2v) is 4.71. The lowest BCUT2D eigenvalue weighted by Crippen LogP contribution is -2.12. The lowest BCUT2D eigenvalue weighted by molar-refractivity contribution is 0.0747. The molecule has 1 atom stereocenters. The van der Waals surface area contributed by atoms with E-state index in [0.29, 0.717) is 17.7 Å². The molecule has 0 bridgehead atoms. The molecule has 0 saturated carbocycles. The van der Waals surface area contributed by atoms with Crippen LogP contribution in [0, 0.1) is 0 Å². The van der Waals surface area contributed by atoms with Gasteiger partial charge in [0, 0.05) is 5.56 Å². The fraction of sp³-hybridized carbons (Fsp3) is 0.222. The third kappa shape index (κ3) is 6.76. The molecule has 0 fully saturated rings. The van der Waals surface area contributed by atoms with Gasteiger partial charge >= 0.3 is 6.09 Å². The number of primary amides is 1. The van der Waals surface area contributed by atoms with E-state index in [-0.39, 0.29) is 5.78 Å². The average molecular weight is 315 g/mol. The molecule has 0 aliphatic heterocycles. The monoisotopic (exact) mass is 315 g/mol. The number of aliphatic hydroxyl groups is 1. The first-order chi connectivity index (χ1) is 11.1. The molecule has 0 aliphatic carbocycles. The van der Waals surface area contributed by atoms with Gasteiger partial charge in [0.05, 0.1) is 6.61 Å². The molecule has 122 valence electrons. The van der Waals surface area contributed by atoms with E-state index in [0.717, 1.165) is 6.42 Å². The molecule has 2 aromatic rings. The number of rotatable bonds is 5. The standard InChI is InChI=1S/C14H12O2.C4H9NO2/c15-13(11-7-3-1-4-8-11)14(16)12-9-5-2-6-10-12;1-2-3-7-4(5)6/h1-10,13,15H;2-3H2,1H3,(H2,5,6). The van der Waals surface area contributed by atoms with Crippen molar-refractivity contribution >= 4 is 11.9 Å². The Bertz CT molecular complexity index is 599. The van der Waals surface area contributed by atoms with E-state index >= 15 is 0 Å². The Morgan fingerprint density at radius 3 is 2.00 bits per heavy atom. The van der Waals surface area contributed by atoms with Crippen LogP contribution in [0.4, 0.5) is 4.79 Å². The molecule has 0 saturated heterocycles. The molecule has 0 aromatic heterocycles. The molecular formula is C18H21NO4. The highest BCUT2D eigenvalue weighted by molar-refractivity contribution is 5.99. The summed E-state index contributed by atoms with van der Waals surface area (Å²) in [6, 6.07) is 17.7. The maximum absolute atomic E-state index is 11.9. The van der Waals surface area contributed by atoms with E-state index in [1.165, 1.54) is 0 Å². The van der Waals surface area contributed by atoms with Crippen LogP contribution in [0.2, 0.25) is 0 Å². The number of aliphatic hydroxyl groups excluding tert-OH is 1. The summed E-state index contributed by atoms with van der Waals surface area (Å²) in [5, 5.41) is 9.89. The van der Waals surface area contributed by atoms with Crippen molar-refractivity contribution in [1.29, 1.82) is 0 Å². The SMILES string of the molecule is CCCOC(N)=O.O=C(c1ccccc1)C(O)c1ccccc1. The van der Waals surface area contributed by atoms with Gasteiger partial charge in [-0.25, -0.2) is 4.79 Å². The molecule has 2 rings (SSSR count). The molecule has 0 heterocycles. The third-order valence-electron chi connectivity index (χ3n) is 2.87. The van der Waals surface area contributed by atoms with E-state index in [1.807, 2.05) is 19.1 Å². The number of carbonyl (C=O) groups excluding carboxylic acids is 2. The number of benzene rings is 2. The number of carbonyl (C=O) groups is 2. The van der Waals surface area contributed by atoms with Gasteiger partial charge in [-0.3, -0.25) is 4.79 Å². The number of hydrogen-bond donors (Lipinski definition) is 2. The number of hydrogen-bond acceptors (Lipinski definition) is 4. The number of Topliss-reactive ketones (excluding diaryl/α,β-unsaturated/α-hetero) is 1. The predicted octanol–water partition coefficient (Wildman–Crippen LogP) is 3.09. The summed E-state index contributed by atoms with van der Waals surface area (Å²) in [5.74, 6) is -0.271. The van der Waals surface area contributed by atoms with Crippen LogP contribution < -0.4 is 5.73 Å². The number of amides is 1. The minimum Gasteiger partial charge on any atom is -0.450 e. The second kappa shape index (κ2) is 10.1. The van der Waals surface area contributed by atoms with Crippen molar-refractivity contribution in [2.45, 2.75) is 19.4 Å². The summed E-state index contributed by atoms with van der Waals surface area (Å²) >= 11 is 0. The van der Waals surface area contributed by atoms with Gasteiger partial charge in [0.1, 0.15) is 6.10 Å². The van der Waals surface area contributed by atoms with Crippen molar-refractivity contribution in [2.24, 2.45) is 5.73 Å². The van der Waals surface area contributed by atoms with E-state index < -0.39 is 12.2 Å². The first-order valence-corrected chi connectivity index (χ1v) is 7.30. The summed E-state index contributed by atoms with van der Waals surface area (Å²) in [6.45, 7) is 2.33. The quantitative estimate of drug-likeness (QED) is 0.830. The largest absolute Gasteiger partial charge is 0.450 e. The fourth-order valence-electron chi connectivity index (χ4n) is 1.75. The summed E-state index contributed by atoms with van der Waals surface area (Å²) in [4.78, 5) is 21.7. The average Bonchev–Trinajstić information content (AvgIpc) is 2.60. The molecule has 1 amide bonds. The van der Waals surface area contributed by atoms with Gasteiger partial charge in [0.15, 0.2) is 5.78 Å². The van der Waals surface area contributed by atoms with Crippen LogP contribution in [0.3, 0.4) is 0 Å². The van der Waals surface area contributed by atoms with Crippen molar-refractivity contribution in [2.75, 3.05) is 6.61 Å². The highest BCUT2D eigenvalue weighted by atomic mass is 16.5. The van der Waals surface area contributed by atoms with E-state index in [1.54, 1.807) is 48.5 Å². The highest BCUT2D eigenvalue weighted by Gasteiger charge is 2.18. The number of ether oxygens (including phenoxy) is 1. The van der Waals surface area contributed by atoms with Crippen molar-refractivity contribution in [3.05, 3.63) is 71.8 Å². The molecule has 0 spiro atoms. The predicted molar refractivity (Wildman–Crippen MR) is 88.0 cm³/mol. The molecule has 5 nitrogen and oxygen atoms in total. The van der Waals surface area contributed by atoms with Gasteiger partial charge in [-0.2, -0.15) is 0 Å². The van der Waals surface area contributed by atoms with Gasteiger partial charge in [-0.15, -0.1) is 0 Å². The van der Waals surface area contributed by atoms with E-state index in [2.05, 4.69) is 10.5 Å². The first kappa shape index (κ1) is 18.4. The van der Waals surface area contributed by atoms with E-state index in [4.69, 9.17) is 0 Å². The maximum Gasteiger partial charge on any atom is 0.404 e. The summed E-state index contributed by atoms with van der Waals surface area (Å²) in [7, 11) is 0. The lowest BCUT2D eigenvalue weighted by Gasteiger charge is -2.09. The molecule has 0 radical (unpaired) electrons. The van der Waals surface area contributed by atoms with Gasteiger partial charge < -0.3 is 15.6 Å². The minimum absolute atomic E-state index is 0.271. The Labute approximate surface area is 135 Å². The zero-order chi connectivity index (χ0) is 17.1. The molecule has 3 N–H and O–H groups in total. The number of ketones is 1. The van der Waals surface area contributed by atoms with Gasteiger partial charge in [0.25, 0.3) is 0 Å². The van der Waals surface area contributed by atoms with Gasteiger partial charge in [-0.1, -0.05) is 67.6 Å². The van der Waals surface area contributed by atoms with Crippen LogP contribution in [-0.4, -0.2) is 23.6 Å². The van der Waals surface area contributed by atoms with Crippen molar-refractivity contribution in [1.82, 2.24) is 0 Å². The van der Waals surface area contributed by atoms with E-state index in [9.17, 15) is 14.7 Å². The molecule has 2 aromatic carbocycles. The van der Waals surface area contributed by atoms with Gasteiger partial charge in [-0.05, 0) is 12.0 Å². The minimum atomic E-state index is -1.08. The summed E-state index contributed by atoms with van der Waals surface area (Å²) in [6.07, 6.45) is -0.950. The summed E-state index contributed by atoms with van der Waals surface area (Å²) in [5.41, 5.74) is 5.77. The zero-order valence-corrected chi connectivity index (χ0v) is 13.0. The van der Waals surface area contributed by atoms with Crippen LogP contribution in [0.15, 0.2) is 60.7 Å². The van der Waals surface area contributed by atoms with Crippen LogP contribution in [0.25, 0.3) is 0 Å². The lowest BCUT2D eigenvalue weighted by atomic mass is 10.0. The zero-order valence-electron chi connectivity index (χ0n) is 13.0. The van der Waals surface area contributed by atoms with Crippen LogP contribution in [0.1, 0.15) is 35.4 Å².